The maximum atomic E-state index is 10.9. The van der Waals surface area contributed by atoms with E-state index in [1.807, 2.05) is 29.2 Å². The second-order valence-corrected chi connectivity index (χ2v) is 4.51. The molecule has 2 aromatic rings. The van der Waals surface area contributed by atoms with Crippen molar-refractivity contribution < 1.29 is 19.1 Å². The van der Waals surface area contributed by atoms with Gasteiger partial charge in [-0.2, -0.15) is 0 Å². The maximum Gasteiger partial charge on any atom is 0.334 e. The molecule has 1 N–H and O–H groups in total. The lowest BCUT2D eigenvalue weighted by Crippen LogP contribution is -2.45. The summed E-state index contributed by atoms with van der Waals surface area (Å²) >= 11 is 0. The van der Waals surface area contributed by atoms with Crippen molar-refractivity contribution in [3.05, 3.63) is 30.2 Å². The van der Waals surface area contributed by atoms with Crippen molar-refractivity contribution in [2.75, 3.05) is 19.7 Å². The molecule has 0 aliphatic carbocycles. The summed E-state index contributed by atoms with van der Waals surface area (Å²) in [5.74, 6) is -0.325. The number of benzene rings is 1. The fourth-order valence-corrected chi connectivity index (χ4v) is 2.17. The van der Waals surface area contributed by atoms with Crippen LogP contribution in [0.3, 0.4) is 0 Å². The molecule has 6 heteroatoms. The second-order valence-electron chi connectivity index (χ2n) is 4.51. The quantitative estimate of drug-likeness (QED) is 0.893. The predicted molar refractivity (Wildman–Crippen MR) is 66.7 cm³/mol. The highest BCUT2D eigenvalue weighted by atomic mass is 16.5. The third-order valence-electron chi connectivity index (χ3n) is 3.12. The van der Waals surface area contributed by atoms with Crippen LogP contribution < -0.4 is 0 Å². The molecule has 0 spiro atoms. The molecular formula is C13H14N2O4. The first kappa shape index (κ1) is 12.1. The minimum absolute atomic E-state index is 0.355. The van der Waals surface area contributed by atoms with Crippen molar-refractivity contribution >= 4 is 17.1 Å². The van der Waals surface area contributed by atoms with Gasteiger partial charge in [-0.05, 0) is 12.1 Å². The minimum Gasteiger partial charge on any atom is -0.479 e. The molecule has 1 fully saturated rings. The lowest BCUT2D eigenvalue weighted by atomic mass is 10.3. The molecule has 6 nitrogen and oxygen atoms in total. The van der Waals surface area contributed by atoms with Crippen molar-refractivity contribution in [2.45, 2.75) is 12.6 Å². The van der Waals surface area contributed by atoms with Crippen LogP contribution in [-0.4, -0.2) is 46.8 Å². The van der Waals surface area contributed by atoms with Crippen molar-refractivity contribution in [3.8, 4) is 0 Å². The van der Waals surface area contributed by atoms with E-state index in [-0.39, 0.29) is 0 Å². The molecule has 1 aromatic carbocycles. The van der Waals surface area contributed by atoms with Gasteiger partial charge in [0.15, 0.2) is 11.7 Å². The summed E-state index contributed by atoms with van der Waals surface area (Å²) in [6, 6.07) is 7.56. The molecule has 1 aliphatic rings. The van der Waals surface area contributed by atoms with Crippen molar-refractivity contribution in [3.63, 3.8) is 0 Å². The second kappa shape index (κ2) is 4.99. The number of hydrogen-bond acceptors (Lipinski definition) is 5. The van der Waals surface area contributed by atoms with Gasteiger partial charge in [-0.25, -0.2) is 9.78 Å². The van der Waals surface area contributed by atoms with Crippen molar-refractivity contribution in [1.82, 2.24) is 9.88 Å². The number of aromatic nitrogens is 1. The summed E-state index contributed by atoms with van der Waals surface area (Å²) in [4.78, 5) is 17.3. The fraction of sp³-hybridized carbons (Fsp3) is 0.385. The molecule has 0 saturated carbocycles. The number of ether oxygens (including phenoxy) is 1. The van der Waals surface area contributed by atoms with Gasteiger partial charge in [0, 0.05) is 13.1 Å². The van der Waals surface area contributed by atoms with E-state index in [1.165, 1.54) is 0 Å². The Morgan fingerprint density at radius 3 is 3.11 bits per heavy atom. The third-order valence-corrected chi connectivity index (χ3v) is 3.12. The first-order valence-corrected chi connectivity index (χ1v) is 6.13. The van der Waals surface area contributed by atoms with Gasteiger partial charge in [0.05, 0.1) is 13.2 Å². The van der Waals surface area contributed by atoms with Gasteiger partial charge in [0.25, 0.3) is 0 Å². The molecule has 2 heterocycles. The summed E-state index contributed by atoms with van der Waals surface area (Å²) in [5, 5.41) is 8.95. The average molecular weight is 262 g/mol. The number of rotatable bonds is 3. The molecule has 0 bridgehead atoms. The molecule has 1 unspecified atom stereocenters. The van der Waals surface area contributed by atoms with Crippen LogP contribution in [0, 0.1) is 0 Å². The van der Waals surface area contributed by atoms with E-state index < -0.39 is 12.1 Å². The highest BCUT2D eigenvalue weighted by Gasteiger charge is 2.26. The number of carboxylic acid groups (broad SMARTS) is 1. The first-order valence-electron chi connectivity index (χ1n) is 6.13. The molecule has 3 rings (SSSR count). The standard InChI is InChI=1S/C13H14N2O4/c16-13(17)11-7-15(5-6-18-11)8-12-14-9-3-1-2-4-10(9)19-12/h1-4,11H,5-8H2,(H,16,17). The SMILES string of the molecule is O=C(O)C1CN(Cc2nc3ccccc3o2)CCO1. The van der Waals surface area contributed by atoms with Crippen LogP contribution in [0.2, 0.25) is 0 Å². The molecule has 0 radical (unpaired) electrons. The van der Waals surface area contributed by atoms with Crippen LogP contribution in [0.5, 0.6) is 0 Å². The molecule has 1 aliphatic heterocycles. The topological polar surface area (TPSA) is 75.8 Å². The largest absolute Gasteiger partial charge is 0.479 e. The number of carboxylic acids is 1. The number of carbonyl (C=O) groups is 1. The van der Waals surface area contributed by atoms with Gasteiger partial charge in [0.2, 0.25) is 5.89 Å². The summed E-state index contributed by atoms with van der Waals surface area (Å²) in [6.07, 6.45) is -0.766. The monoisotopic (exact) mass is 262 g/mol. The summed E-state index contributed by atoms with van der Waals surface area (Å²) in [6.45, 7) is 1.95. The lowest BCUT2D eigenvalue weighted by Gasteiger charge is -2.29. The van der Waals surface area contributed by atoms with Gasteiger partial charge >= 0.3 is 5.97 Å². The number of oxazole rings is 1. The van der Waals surface area contributed by atoms with E-state index in [9.17, 15) is 4.79 Å². The molecule has 1 atom stereocenters. The normalized spacial score (nSPS) is 20.7. The van der Waals surface area contributed by atoms with Crippen LogP contribution in [0.4, 0.5) is 0 Å². The van der Waals surface area contributed by atoms with Crippen molar-refractivity contribution in [1.29, 1.82) is 0 Å². The van der Waals surface area contributed by atoms with Gasteiger partial charge in [-0.15, -0.1) is 0 Å². The van der Waals surface area contributed by atoms with Gasteiger partial charge < -0.3 is 14.3 Å². The Balaban J connectivity index is 1.72. The number of nitrogens with zero attached hydrogens (tertiary/aromatic N) is 2. The number of hydrogen-bond donors (Lipinski definition) is 1. The number of fused-ring (bicyclic) bond motifs is 1. The van der Waals surface area contributed by atoms with Crippen molar-refractivity contribution in [2.24, 2.45) is 0 Å². The Bertz CT molecular complexity index is 562. The number of aliphatic carboxylic acids is 1. The van der Waals surface area contributed by atoms with E-state index in [0.717, 1.165) is 11.1 Å². The van der Waals surface area contributed by atoms with E-state index >= 15 is 0 Å². The van der Waals surface area contributed by atoms with Gasteiger partial charge in [-0.1, -0.05) is 12.1 Å². The molecule has 19 heavy (non-hydrogen) atoms. The lowest BCUT2D eigenvalue weighted by molar-refractivity contribution is -0.156. The van der Waals surface area contributed by atoms with Crippen LogP contribution in [0.25, 0.3) is 11.1 Å². The molecular weight excluding hydrogens is 248 g/mol. The van der Waals surface area contributed by atoms with Crippen LogP contribution >= 0.6 is 0 Å². The van der Waals surface area contributed by atoms with Crippen LogP contribution in [-0.2, 0) is 16.1 Å². The summed E-state index contributed by atoms with van der Waals surface area (Å²) in [7, 11) is 0. The van der Waals surface area contributed by atoms with Gasteiger partial charge in [0.1, 0.15) is 5.52 Å². The van der Waals surface area contributed by atoms with E-state index in [0.29, 0.717) is 32.1 Å². The Hall–Kier alpha value is -1.92. The smallest absolute Gasteiger partial charge is 0.334 e. The predicted octanol–water partition coefficient (Wildman–Crippen LogP) is 1.11. The highest BCUT2D eigenvalue weighted by molar-refractivity contribution is 5.73. The Morgan fingerprint density at radius 2 is 2.32 bits per heavy atom. The van der Waals surface area contributed by atoms with E-state index in [2.05, 4.69) is 4.98 Å². The minimum atomic E-state index is -0.928. The summed E-state index contributed by atoms with van der Waals surface area (Å²) < 4.78 is 10.8. The molecule has 1 saturated heterocycles. The van der Waals surface area contributed by atoms with Crippen LogP contribution in [0.1, 0.15) is 5.89 Å². The Morgan fingerprint density at radius 1 is 1.47 bits per heavy atom. The average Bonchev–Trinajstić information content (AvgIpc) is 2.81. The highest BCUT2D eigenvalue weighted by Crippen LogP contribution is 2.17. The van der Waals surface area contributed by atoms with Crippen LogP contribution in [0.15, 0.2) is 28.7 Å². The van der Waals surface area contributed by atoms with Gasteiger partial charge in [-0.3, -0.25) is 4.90 Å². The third kappa shape index (κ3) is 2.59. The molecule has 1 aromatic heterocycles. The zero-order valence-electron chi connectivity index (χ0n) is 10.3. The van der Waals surface area contributed by atoms with E-state index in [4.69, 9.17) is 14.3 Å². The van der Waals surface area contributed by atoms with E-state index in [1.54, 1.807) is 0 Å². The maximum absolute atomic E-state index is 10.9. The Kier molecular flexibility index (Phi) is 3.18. The Labute approximate surface area is 109 Å². The molecule has 0 amide bonds. The number of morpholine rings is 1. The number of para-hydroxylation sites is 2. The zero-order valence-corrected chi connectivity index (χ0v) is 10.3. The fourth-order valence-electron chi connectivity index (χ4n) is 2.17. The molecule has 100 valence electrons. The first-order chi connectivity index (χ1) is 9.22. The zero-order chi connectivity index (χ0) is 13.2. The summed E-state index contributed by atoms with van der Waals surface area (Å²) in [5.41, 5.74) is 1.57.